The van der Waals surface area contributed by atoms with Gasteiger partial charge in [0, 0.05) is 38.2 Å². The van der Waals surface area contributed by atoms with Crippen LogP contribution in [-0.2, 0) is 14.8 Å². The summed E-state index contributed by atoms with van der Waals surface area (Å²) in [6, 6.07) is 9.03. The number of benzene rings is 2. The molecule has 1 saturated heterocycles. The predicted molar refractivity (Wildman–Crippen MR) is 119 cm³/mol. The van der Waals surface area contributed by atoms with Crippen LogP contribution in [0.2, 0.25) is 0 Å². The molecule has 1 aliphatic heterocycles. The van der Waals surface area contributed by atoms with Crippen molar-refractivity contribution in [1.29, 1.82) is 0 Å². The van der Waals surface area contributed by atoms with Crippen LogP contribution in [0.4, 0.5) is 17.1 Å². The van der Waals surface area contributed by atoms with Crippen LogP contribution in [0.15, 0.2) is 41.3 Å². The van der Waals surface area contributed by atoms with Crippen LogP contribution >= 0.6 is 0 Å². The predicted octanol–water partition coefficient (Wildman–Crippen LogP) is 3.44. The lowest BCUT2D eigenvalue weighted by Crippen LogP contribution is -2.27. The van der Waals surface area contributed by atoms with E-state index in [-0.39, 0.29) is 22.2 Å². The number of nitro groups is 1. The SMILES string of the molecule is Cc1ccc(NS(=O)(=O)c2cc([N+](=O)[O-])ccc2NCCCN2CCCC2=O)c(C)c1. The van der Waals surface area contributed by atoms with E-state index in [1.807, 2.05) is 13.0 Å². The number of carbonyl (C=O) groups excluding carboxylic acids is 1. The summed E-state index contributed by atoms with van der Waals surface area (Å²) in [4.78, 5) is 23.9. The van der Waals surface area contributed by atoms with Gasteiger partial charge in [-0.1, -0.05) is 17.7 Å². The third kappa shape index (κ3) is 5.52. The van der Waals surface area contributed by atoms with E-state index >= 15 is 0 Å². The van der Waals surface area contributed by atoms with E-state index in [9.17, 15) is 23.3 Å². The number of anilines is 2. The number of nitrogens with zero attached hydrogens (tertiary/aromatic N) is 2. The highest BCUT2D eigenvalue weighted by atomic mass is 32.2. The zero-order valence-corrected chi connectivity index (χ0v) is 18.4. The molecule has 0 bridgehead atoms. The van der Waals surface area contributed by atoms with Gasteiger partial charge in [0.15, 0.2) is 0 Å². The quantitative estimate of drug-likeness (QED) is 0.346. The van der Waals surface area contributed by atoms with Crippen LogP contribution in [0.3, 0.4) is 0 Å². The summed E-state index contributed by atoms with van der Waals surface area (Å²) in [5.41, 5.74) is 2.12. The molecule has 2 aromatic rings. The van der Waals surface area contributed by atoms with E-state index in [2.05, 4.69) is 10.0 Å². The Morgan fingerprint density at radius 2 is 1.87 bits per heavy atom. The third-order valence-corrected chi connectivity index (χ3v) is 6.59. The van der Waals surface area contributed by atoms with Gasteiger partial charge in [-0.15, -0.1) is 0 Å². The zero-order chi connectivity index (χ0) is 22.6. The molecule has 9 nitrogen and oxygen atoms in total. The second kappa shape index (κ2) is 9.34. The number of hydrogen-bond acceptors (Lipinski definition) is 6. The number of aryl methyl sites for hydroxylation is 2. The lowest BCUT2D eigenvalue weighted by atomic mass is 10.1. The number of rotatable bonds is 9. The molecule has 1 amide bonds. The van der Waals surface area contributed by atoms with Crippen molar-refractivity contribution in [3.8, 4) is 0 Å². The molecule has 0 aliphatic carbocycles. The Morgan fingerprint density at radius 1 is 1.13 bits per heavy atom. The third-order valence-electron chi connectivity index (χ3n) is 5.18. The fraction of sp³-hybridized carbons (Fsp3) is 0.381. The average molecular weight is 447 g/mol. The van der Waals surface area contributed by atoms with Gasteiger partial charge in [0.25, 0.3) is 15.7 Å². The van der Waals surface area contributed by atoms with Crippen LogP contribution in [0, 0.1) is 24.0 Å². The van der Waals surface area contributed by atoms with E-state index in [0.29, 0.717) is 31.6 Å². The van der Waals surface area contributed by atoms with Gasteiger partial charge < -0.3 is 10.2 Å². The maximum absolute atomic E-state index is 13.1. The molecular weight excluding hydrogens is 420 g/mol. The fourth-order valence-corrected chi connectivity index (χ4v) is 4.89. The molecule has 0 radical (unpaired) electrons. The molecule has 166 valence electrons. The minimum absolute atomic E-state index is 0.135. The molecule has 0 atom stereocenters. The topological polar surface area (TPSA) is 122 Å². The Labute approximate surface area is 181 Å². The van der Waals surface area contributed by atoms with Crippen LogP contribution in [0.25, 0.3) is 0 Å². The Bertz CT molecular complexity index is 1100. The lowest BCUT2D eigenvalue weighted by molar-refractivity contribution is -0.385. The number of non-ortho nitro benzene ring substituents is 1. The minimum Gasteiger partial charge on any atom is -0.384 e. The second-order valence-electron chi connectivity index (χ2n) is 7.63. The Hall–Kier alpha value is -3.14. The molecule has 1 aliphatic rings. The lowest BCUT2D eigenvalue weighted by Gasteiger charge is -2.17. The van der Waals surface area contributed by atoms with Crippen LogP contribution in [-0.4, -0.2) is 43.8 Å². The van der Waals surface area contributed by atoms with E-state index in [4.69, 9.17) is 0 Å². The highest BCUT2D eigenvalue weighted by Crippen LogP contribution is 2.29. The number of sulfonamides is 1. The first kappa shape index (κ1) is 22.5. The molecule has 10 heteroatoms. The first-order chi connectivity index (χ1) is 14.7. The van der Waals surface area contributed by atoms with Gasteiger partial charge in [-0.25, -0.2) is 8.42 Å². The van der Waals surface area contributed by atoms with E-state index < -0.39 is 14.9 Å². The number of hydrogen-bond donors (Lipinski definition) is 2. The summed E-state index contributed by atoms with van der Waals surface area (Å²) in [6.07, 6.45) is 2.07. The van der Waals surface area contributed by atoms with Gasteiger partial charge in [-0.05, 0) is 44.4 Å². The zero-order valence-electron chi connectivity index (χ0n) is 17.6. The van der Waals surface area contributed by atoms with Crippen molar-refractivity contribution in [1.82, 2.24) is 4.90 Å². The highest BCUT2D eigenvalue weighted by Gasteiger charge is 2.24. The average Bonchev–Trinajstić information content (AvgIpc) is 3.12. The number of amides is 1. The first-order valence-electron chi connectivity index (χ1n) is 10.1. The molecule has 2 N–H and O–H groups in total. The Balaban J connectivity index is 1.79. The number of nitrogens with one attached hydrogen (secondary N) is 2. The summed E-state index contributed by atoms with van der Waals surface area (Å²) in [7, 11) is -4.08. The number of nitro benzene ring substituents is 1. The van der Waals surface area contributed by atoms with Crippen molar-refractivity contribution in [2.45, 2.75) is 38.0 Å². The normalized spacial score (nSPS) is 14.0. The Kier molecular flexibility index (Phi) is 6.79. The molecule has 0 unspecified atom stereocenters. The molecule has 0 spiro atoms. The van der Waals surface area contributed by atoms with Gasteiger partial charge in [0.05, 0.1) is 16.3 Å². The molecular formula is C21H26N4O5S. The molecule has 31 heavy (non-hydrogen) atoms. The maximum atomic E-state index is 13.1. The smallest absolute Gasteiger partial charge is 0.270 e. The summed E-state index contributed by atoms with van der Waals surface area (Å²) >= 11 is 0. The summed E-state index contributed by atoms with van der Waals surface area (Å²) in [5.74, 6) is 0.135. The van der Waals surface area contributed by atoms with Crippen molar-refractivity contribution in [2.75, 3.05) is 29.7 Å². The molecule has 1 fully saturated rings. The van der Waals surface area contributed by atoms with Crippen LogP contribution in [0.1, 0.15) is 30.4 Å². The summed E-state index contributed by atoms with van der Waals surface area (Å²) in [6.45, 7) is 5.45. The maximum Gasteiger partial charge on any atom is 0.270 e. The van der Waals surface area contributed by atoms with Crippen LogP contribution < -0.4 is 10.0 Å². The van der Waals surface area contributed by atoms with Crippen molar-refractivity contribution in [3.63, 3.8) is 0 Å². The van der Waals surface area contributed by atoms with Crippen molar-refractivity contribution in [2.24, 2.45) is 0 Å². The van der Waals surface area contributed by atoms with E-state index in [1.54, 1.807) is 24.0 Å². The molecule has 2 aromatic carbocycles. The largest absolute Gasteiger partial charge is 0.384 e. The second-order valence-corrected chi connectivity index (χ2v) is 9.28. The van der Waals surface area contributed by atoms with Crippen molar-refractivity contribution in [3.05, 3.63) is 57.6 Å². The van der Waals surface area contributed by atoms with E-state index in [0.717, 1.165) is 30.2 Å². The molecule has 0 saturated carbocycles. The van der Waals surface area contributed by atoms with E-state index in [1.165, 1.54) is 12.1 Å². The minimum atomic E-state index is -4.08. The van der Waals surface area contributed by atoms with Gasteiger partial charge >= 0.3 is 0 Å². The van der Waals surface area contributed by atoms with Gasteiger partial charge in [0.2, 0.25) is 5.91 Å². The van der Waals surface area contributed by atoms with Crippen molar-refractivity contribution < 1.29 is 18.1 Å². The molecule has 0 aromatic heterocycles. The van der Waals surface area contributed by atoms with Gasteiger partial charge in [0.1, 0.15) is 4.90 Å². The number of carbonyl (C=O) groups is 1. The van der Waals surface area contributed by atoms with Gasteiger partial charge in [-0.3, -0.25) is 19.6 Å². The van der Waals surface area contributed by atoms with Crippen LogP contribution in [0.5, 0.6) is 0 Å². The Morgan fingerprint density at radius 3 is 2.52 bits per heavy atom. The standard InChI is InChI=1S/C21H26N4O5S/c1-15-6-8-18(16(2)13-15)23-31(29,30)20-14-17(25(27)28)7-9-19(20)22-10-4-12-24-11-3-5-21(24)26/h6-9,13-14,22-23H,3-5,10-12H2,1-2H3. The molecule has 1 heterocycles. The monoisotopic (exact) mass is 446 g/mol. The first-order valence-corrected chi connectivity index (χ1v) is 11.6. The van der Waals surface area contributed by atoms with Crippen molar-refractivity contribution >= 4 is 33.0 Å². The molecule has 3 rings (SSSR count). The highest BCUT2D eigenvalue weighted by molar-refractivity contribution is 7.92. The summed E-state index contributed by atoms with van der Waals surface area (Å²) < 4.78 is 28.7. The number of likely N-dealkylation sites (tertiary alicyclic amines) is 1. The summed E-state index contributed by atoms with van der Waals surface area (Å²) in [5, 5.41) is 14.3. The van der Waals surface area contributed by atoms with Gasteiger partial charge in [-0.2, -0.15) is 0 Å². The fourth-order valence-electron chi connectivity index (χ4n) is 3.55.